The van der Waals surface area contributed by atoms with Crippen molar-refractivity contribution in [2.24, 2.45) is 12.1 Å². The maximum absolute atomic E-state index is 12.0. The zero-order valence-corrected chi connectivity index (χ0v) is 14.6. The van der Waals surface area contributed by atoms with Crippen LogP contribution < -0.4 is 10.2 Å². The molecule has 5 nitrogen and oxygen atoms in total. The van der Waals surface area contributed by atoms with Crippen molar-refractivity contribution >= 4 is 23.0 Å². The Kier molecular flexibility index (Phi) is 4.84. The first-order valence-corrected chi connectivity index (χ1v) is 8.09. The van der Waals surface area contributed by atoms with Gasteiger partial charge in [-0.25, -0.2) is 5.43 Å². The molecular weight excluding hydrogens is 314 g/mol. The van der Waals surface area contributed by atoms with Crippen LogP contribution in [0.3, 0.4) is 0 Å². The van der Waals surface area contributed by atoms with Gasteiger partial charge < -0.3 is 9.30 Å². The molecule has 0 unspecified atom stereocenters. The van der Waals surface area contributed by atoms with Gasteiger partial charge in [-0.3, -0.25) is 4.79 Å². The molecule has 0 radical (unpaired) electrons. The first kappa shape index (κ1) is 16.8. The van der Waals surface area contributed by atoms with E-state index in [9.17, 15) is 4.79 Å². The van der Waals surface area contributed by atoms with Crippen molar-refractivity contribution in [3.63, 3.8) is 0 Å². The first-order chi connectivity index (χ1) is 12.1. The summed E-state index contributed by atoms with van der Waals surface area (Å²) in [5.41, 5.74) is 6.78. The summed E-state index contributed by atoms with van der Waals surface area (Å²) >= 11 is 0. The van der Waals surface area contributed by atoms with Gasteiger partial charge in [0.25, 0.3) is 0 Å². The van der Waals surface area contributed by atoms with Gasteiger partial charge in [0.15, 0.2) is 0 Å². The average Bonchev–Trinajstić information content (AvgIpc) is 2.87. The van der Waals surface area contributed by atoms with E-state index in [4.69, 9.17) is 4.74 Å². The molecule has 1 heterocycles. The molecule has 5 heteroatoms. The number of hydrogen-bond donors (Lipinski definition) is 1. The quantitative estimate of drug-likeness (QED) is 0.575. The third-order valence-corrected chi connectivity index (χ3v) is 4.36. The van der Waals surface area contributed by atoms with Crippen LogP contribution in [-0.4, -0.2) is 23.8 Å². The molecule has 2 aromatic carbocycles. The van der Waals surface area contributed by atoms with Gasteiger partial charge >= 0.3 is 0 Å². The van der Waals surface area contributed by atoms with Gasteiger partial charge in [-0.1, -0.05) is 30.3 Å². The Balaban J connectivity index is 1.68. The van der Waals surface area contributed by atoms with Crippen molar-refractivity contribution in [3.05, 3.63) is 65.4 Å². The number of carbonyl (C=O) groups excluding carboxylic acids is 1. The topological polar surface area (TPSA) is 55.6 Å². The molecule has 25 heavy (non-hydrogen) atoms. The van der Waals surface area contributed by atoms with E-state index in [2.05, 4.69) is 27.2 Å². The van der Waals surface area contributed by atoms with E-state index >= 15 is 0 Å². The molecule has 3 rings (SSSR count). The molecule has 0 fully saturated rings. The van der Waals surface area contributed by atoms with Crippen molar-refractivity contribution in [3.8, 4) is 5.75 Å². The second-order valence-electron chi connectivity index (χ2n) is 5.89. The molecule has 0 atom stereocenters. The minimum atomic E-state index is -0.153. The lowest BCUT2D eigenvalue weighted by atomic mass is 10.1. The monoisotopic (exact) mass is 335 g/mol. The molecule has 0 saturated carbocycles. The maximum atomic E-state index is 12.0. The van der Waals surface area contributed by atoms with Gasteiger partial charge in [-0.05, 0) is 30.7 Å². The van der Waals surface area contributed by atoms with Crippen LogP contribution in [0.5, 0.6) is 5.75 Å². The summed E-state index contributed by atoms with van der Waals surface area (Å²) in [5, 5.41) is 5.25. The van der Waals surface area contributed by atoms with E-state index in [0.717, 1.165) is 33.5 Å². The average molecular weight is 335 g/mol. The van der Waals surface area contributed by atoms with Crippen LogP contribution in [0.1, 0.15) is 16.8 Å². The molecule has 0 saturated heterocycles. The summed E-state index contributed by atoms with van der Waals surface area (Å²) in [4.78, 5) is 12.0. The highest BCUT2D eigenvalue weighted by Gasteiger charge is 2.09. The summed E-state index contributed by atoms with van der Waals surface area (Å²) in [6.45, 7) is 2.04. The normalized spacial score (nSPS) is 11.2. The van der Waals surface area contributed by atoms with Crippen LogP contribution >= 0.6 is 0 Å². The van der Waals surface area contributed by atoms with E-state index in [-0.39, 0.29) is 12.3 Å². The number of fused-ring (bicyclic) bond motifs is 1. The summed E-state index contributed by atoms with van der Waals surface area (Å²) in [5.74, 6) is 0.618. The van der Waals surface area contributed by atoms with E-state index in [1.54, 1.807) is 13.3 Å². The van der Waals surface area contributed by atoms with Crippen LogP contribution in [-0.2, 0) is 18.3 Å². The smallest absolute Gasteiger partial charge is 0.244 e. The number of methoxy groups -OCH3 is 1. The number of carbonyl (C=O) groups is 1. The summed E-state index contributed by atoms with van der Waals surface area (Å²) in [6, 6.07) is 15.6. The number of para-hydroxylation sites is 1. The fourth-order valence-corrected chi connectivity index (χ4v) is 2.85. The lowest BCUT2D eigenvalue weighted by molar-refractivity contribution is -0.120. The molecule has 0 aliphatic heterocycles. The molecule has 1 amide bonds. The van der Waals surface area contributed by atoms with Gasteiger partial charge in [0.1, 0.15) is 5.75 Å². The van der Waals surface area contributed by atoms with Gasteiger partial charge in [-0.2, -0.15) is 5.10 Å². The maximum Gasteiger partial charge on any atom is 0.244 e. The number of benzene rings is 2. The van der Waals surface area contributed by atoms with E-state index < -0.39 is 0 Å². The van der Waals surface area contributed by atoms with Crippen molar-refractivity contribution in [2.45, 2.75) is 13.3 Å². The number of nitrogens with zero attached hydrogens (tertiary/aromatic N) is 2. The minimum absolute atomic E-state index is 0.153. The molecule has 128 valence electrons. The van der Waals surface area contributed by atoms with Crippen LogP contribution in [0, 0.1) is 6.92 Å². The van der Waals surface area contributed by atoms with Crippen LogP contribution in [0.25, 0.3) is 10.9 Å². The van der Waals surface area contributed by atoms with Crippen molar-refractivity contribution in [1.29, 1.82) is 0 Å². The molecule has 3 aromatic rings. The number of rotatable bonds is 5. The van der Waals surface area contributed by atoms with Gasteiger partial charge in [0, 0.05) is 29.2 Å². The Morgan fingerprint density at radius 1 is 1.20 bits per heavy atom. The Morgan fingerprint density at radius 2 is 1.92 bits per heavy atom. The third-order valence-electron chi connectivity index (χ3n) is 4.36. The first-order valence-electron chi connectivity index (χ1n) is 8.09. The minimum Gasteiger partial charge on any atom is -0.497 e. The van der Waals surface area contributed by atoms with Gasteiger partial charge in [-0.15, -0.1) is 0 Å². The number of aromatic nitrogens is 1. The van der Waals surface area contributed by atoms with E-state index in [0.29, 0.717) is 0 Å². The highest BCUT2D eigenvalue weighted by atomic mass is 16.5. The Labute approximate surface area is 146 Å². The Hall–Kier alpha value is -3.08. The molecule has 0 aliphatic carbocycles. The molecule has 0 aliphatic rings. The zero-order chi connectivity index (χ0) is 17.8. The summed E-state index contributed by atoms with van der Waals surface area (Å²) < 4.78 is 7.23. The van der Waals surface area contributed by atoms with Gasteiger partial charge in [0.2, 0.25) is 5.91 Å². The van der Waals surface area contributed by atoms with E-state index in [1.807, 2.05) is 50.4 Å². The number of nitrogens with one attached hydrogen (secondary N) is 1. The number of hydrogen-bond acceptors (Lipinski definition) is 3. The lowest BCUT2D eigenvalue weighted by Crippen LogP contribution is -2.19. The molecule has 1 aromatic heterocycles. The standard InChI is InChI=1S/C20H21N3O2/c1-14-18(17-6-4-5-7-19(17)23(14)2)13-21-22-20(24)12-15-8-10-16(25-3)11-9-15/h4-11,13H,12H2,1-3H3,(H,22,24)/b21-13+. The predicted octanol–water partition coefficient (Wildman–Crippen LogP) is 3.19. The second-order valence-corrected chi connectivity index (χ2v) is 5.89. The molecule has 0 bridgehead atoms. The summed E-state index contributed by atoms with van der Waals surface area (Å²) in [6.07, 6.45) is 1.99. The third kappa shape index (κ3) is 3.55. The van der Waals surface area contributed by atoms with Crippen molar-refractivity contribution < 1.29 is 9.53 Å². The van der Waals surface area contributed by atoms with Crippen LogP contribution in [0.4, 0.5) is 0 Å². The largest absolute Gasteiger partial charge is 0.497 e. The fourth-order valence-electron chi connectivity index (χ4n) is 2.85. The summed E-state index contributed by atoms with van der Waals surface area (Å²) in [7, 11) is 3.64. The fraction of sp³-hybridized carbons (Fsp3) is 0.200. The molecular formula is C20H21N3O2. The van der Waals surface area contributed by atoms with Crippen LogP contribution in [0.15, 0.2) is 53.6 Å². The molecule has 0 spiro atoms. The second kappa shape index (κ2) is 7.21. The SMILES string of the molecule is COc1ccc(CC(=O)N/N=C/c2c(C)n(C)c3ccccc23)cc1. The number of ether oxygens (including phenoxy) is 1. The predicted molar refractivity (Wildman–Crippen MR) is 100 cm³/mol. The highest BCUT2D eigenvalue weighted by molar-refractivity contribution is 6.01. The number of hydrazone groups is 1. The lowest BCUT2D eigenvalue weighted by Gasteiger charge is -2.03. The molecule has 1 N–H and O–H groups in total. The highest BCUT2D eigenvalue weighted by Crippen LogP contribution is 2.22. The number of aryl methyl sites for hydroxylation is 1. The Bertz CT molecular complexity index is 924. The van der Waals surface area contributed by atoms with E-state index in [1.165, 1.54) is 0 Å². The number of amides is 1. The van der Waals surface area contributed by atoms with Crippen molar-refractivity contribution in [1.82, 2.24) is 9.99 Å². The van der Waals surface area contributed by atoms with Crippen molar-refractivity contribution in [2.75, 3.05) is 7.11 Å². The Morgan fingerprint density at radius 3 is 2.64 bits per heavy atom. The van der Waals surface area contributed by atoms with Crippen LogP contribution in [0.2, 0.25) is 0 Å². The van der Waals surface area contributed by atoms with Gasteiger partial charge in [0.05, 0.1) is 19.7 Å². The zero-order valence-electron chi connectivity index (χ0n) is 14.6.